The van der Waals surface area contributed by atoms with Crippen molar-refractivity contribution in [1.82, 2.24) is 9.80 Å². The van der Waals surface area contributed by atoms with Crippen LogP contribution in [-0.2, 0) is 28.7 Å². The van der Waals surface area contributed by atoms with Crippen LogP contribution < -0.4 is 10.6 Å². The largest absolute Gasteiger partial charge is 0.462 e. The van der Waals surface area contributed by atoms with Crippen LogP contribution in [0.3, 0.4) is 0 Å². The third-order valence-corrected chi connectivity index (χ3v) is 11.8. The predicted octanol–water partition coefficient (Wildman–Crippen LogP) is 8.23. The zero-order valence-electron chi connectivity index (χ0n) is 31.7. The fraction of sp³-hybridized carbons (Fsp3) is 0.450. The molecule has 56 heavy (non-hydrogen) atoms. The van der Waals surface area contributed by atoms with E-state index in [4.69, 9.17) is 33.9 Å². The quantitative estimate of drug-likeness (QED) is 0.0509. The number of amides is 4. The number of unbranched alkanes of at least 4 members (excludes halogenated alkanes) is 6. The number of hydrogen-bond donors (Lipinski definition) is 2. The average Bonchev–Trinajstić information content (AvgIpc) is 3.62. The van der Waals surface area contributed by atoms with E-state index in [0.717, 1.165) is 49.2 Å². The number of ether oxygens (including phenoxy) is 2. The molecule has 4 rings (SSSR count). The number of esters is 2. The maximum absolute atomic E-state index is 13.3. The molecule has 0 aliphatic carbocycles. The summed E-state index contributed by atoms with van der Waals surface area (Å²) < 4.78 is 11.2. The molecule has 2 saturated heterocycles. The summed E-state index contributed by atoms with van der Waals surface area (Å²) in [5, 5.41) is 5.67. The molecule has 0 unspecified atom stereocenters. The molecule has 0 bridgehead atoms. The summed E-state index contributed by atoms with van der Waals surface area (Å²) in [7, 11) is 0. The lowest BCUT2D eigenvalue weighted by Crippen LogP contribution is -2.31. The van der Waals surface area contributed by atoms with Crippen LogP contribution in [0.1, 0.15) is 112 Å². The van der Waals surface area contributed by atoms with Crippen molar-refractivity contribution < 1.29 is 38.2 Å². The van der Waals surface area contributed by atoms with Crippen LogP contribution in [0.4, 0.5) is 11.4 Å². The molecular formula is C40H48N4O8S4. The number of nitrogens with zero attached hydrogens (tertiary/aromatic N) is 2. The van der Waals surface area contributed by atoms with Crippen molar-refractivity contribution in [2.75, 3.05) is 36.9 Å². The van der Waals surface area contributed by atoms with Crippen molar-refractivity contribution in [1.29, 1.82) is 0 Å². The van der Waals surface area contributed by atoms with Crippen LogP contribution in [0, 0.1) is 0 Å². The summed E-state index contributed by atoms with van der Waals surface area (Å²) >= 11 is 13.2. The lowest BCUT2D eigenvalue weighted by atomic mass is 10.1. The molecule has 0 radical (unpaired) electrons. The smallest absolute Gasteiger partial charge is 0.338 e. The van der Waals surface area contributed by atoms with Gasteiger partial charge in [0.05, 0.1) is 34.2 Å². The zero-order chi connectivity index (χ0) is 40.5. The molecule has 4 amide bonds. The van der Waals surface area contributed by atoms with E-state index in [1.54, 1.807) is 48.5 Å². The first kappa shape index (κ1) is 44.6. The van der Waals surface area contributed by atoms with Crippen molar-refractivity contribution >= 4 is 104 Å². The van der Waals surface area contributed by atoms with Gasteiger partial charge in [0.25, 0.3) is 11.8 Å². The Morgan fingerprint density at radius 1 is 0.571 bits per heavy atom. The van der Waals surface area contributed by atoms with E-state index in [2.05, 4.69) is 10.6 Å². The van der Waals surface area contributed by atoms with Crippen molar-refractivity contribution in [3.8, 4) is 0 Å². The van der Waals surface area contributed by atoms with Gasteiger partial charge in [-0.15, -0.1) is 0 Å². The van der Waals surface area contributed by atoms with Gasteiger partial charge >= 0.3 is 11.9 Å². The number of thioether (sulfide) groups is 2. The summed E-state index contributed by atoms with van der Waals surface area (Å²) in [5.74, 6) is -1.71. The van der Waals surface area contributed by atoms with Crippen LogP contribution in [0.5, 0.6) is 0 Å². The first-order valence-electron chi connectivity index (χ1n) is 19.0. The van der Waals surface area contributed by atoms with E-state index in [1.165, 1.54) is 9.80 Å². The summed E-state index contributed by atoms with van der Waals surface area (Å²) in [5.41, 5.74) is 2.04. The minimum atomic E-state index is -0.388. The number of rotatable bonds is 22. The Morgan fingerprint density at radius 2 is 0.946 bits per heavy atom. The second-order valence-electron chi connectivity index (χ2n) is 13.2. The molecule has 0 aromatic heterocycles. The maximum Gasteiger partial charge on any atom is 0.338 e. The Balaban J connectivity index is 1.12. The molecule has 2 aromatic rings. The second-order valence-corrected chi connectivity index (χ2v) is 16.4. The minimum Gasteiger partial charge on any atom is -0.462 e. The summed E-state index contributed by atoms with van der Waals surface area (Å²) in [6.45, 7) is 5.55. The highest BCUT2D eigenvalue weighted by Crippen LogP contribution is 2.42. The van der Waals surface area contributed by atoms with Gasteiger partial charge in [-0.05, 0) is 87.1 Å². The van der Waals surface area contributed by atoms with Gasteiger partial charge < -0.3 is 20.1 Å². The summed E-state index contributed by atoms with van der Waals surface area (Å²) in [6.07, 6.45) is 7.94. The molecule has 2 heterocycles. The molecule has 2 aromatic carbocycles. The Kier molecular flexibility index (Phi) is 18.5. The predicted molar refractivity (Wildman–Crippen MR) is 228 cm³/mol. The molecule has 300 valence electrons. The van der Waals surface area contributed by atoms with Crippen LogP contribution in [0.2, 0.25) is 0 Å². The average molecular weight is 841 g/mol. The highest BCUT2D eigenvalue weighted by molar-refractivity contribution is 8.29. The third kappa shape index (κ3) is 13.5. The van der Waals surface area contributed by atoms with Crippen molar-refractivity contribution in [3.05, 3.63) is 69.5 Å². The number of thiocarbonyl (C=S) groups is 2. The van der Waals surface area contributed by atoms with Gasteiger partial charge in [-0.1, -0.05) is 87.5 Å². The number of hydrogen-bond acceptors (Lipinski definition) is 12. The van der Waals surface area contributed by atoms with E-state index in [0.29, 0.717) is 109 Å². The zero-order valence-corrected chi connectivity index (χ0v) is 35.0. The van der Waals surface area contributed by atoms with Crippen molar-refractivity contribution in [2.24, 2.45) is 0 Å². The lowest BCUT2D eigenvalue weighted by molar-refractivity contribution is -0.124. The topological polar surface area (TPSA) is 151 Å². The van der Waals surface area contributed by atoms with E-state index in [9.17, 15) is 28.8 Å². The second kappa shape index (κ2) is 23.2. The lowest BCUT2D eigenvalue weighted by Gasteiger charge is -2.14. The number of nitrogens with one attached hydrogen (secondary N) is 2. The molecule has 2 aliphatic rings. The Labute approximate surface area is 347 Å². The molecule has 0 atom stereocenters. The summed E-state index contributed by atoms with van der Waals surface area (Å²) in [6, 6.07) is 13.2. The molecular weight excluding hydrogens is 793 g/mol. The molecule has 12 nitrogen and oxygen atoms in total. The van der Waals surface area contributed by atoms with Gasteiger partial charge in [0.1, 0.15) is 8.64 Å². The molecule has 2 fully saturated rings. The Hall–Kier alpha value is -4.12. The molecule has 2 aliphatic heterocycles. The first-order chi connectivity index (χ1) is 27.0. The van der Waals surface area contributed by atoms with Crippen molar-refractivity contribution in [2.45, 2.75) is 90.9 Å². The van der Waals surface area contributed by atoms with E-state index in [1.807, 2.05) is 13.8 Å². The van der Waals surface area contributed by atoms with Crippen molar-refractivity contribution in [3.63, 3.8) is 0 Å². The molecule has 0 spiro atoms. The van der Waals surface area contributed by atoms with Crippen LogP contribution >= 0.6 is 48.0 Å². The monoisotopic (exact) mass is 840 g/mol. The fourth-order valence-electron chi connectivity index (χ4n) is 5.53. The highest BCUT2D eigenvalue weighted by Gasteiger charge is 2.41. The van der Waals surface area contributed by atoms with Gasteiger partial charge in [-0.25, -0.2) is 9.59 Å². The Bertz CT molecular complexity index is 1670. The molecule has 2 N–H and O–H groups in total. The molecule has 16 heteroatoms. The minimum absolute atomic E-state index is 0.150. The van der Waals surface area contributed by atoms with E-state index in [-0.39, 0.29) is 45.4 Å². The van der Waals surface area contributed by atoms with E-state index < -0.39 is 0 Å². The number of carbonyl (C=O) groups is 6. The van der Waals surface area contributed by atoms with Gasteiger partial charge in [0.15, 0.2) is 0 Å². The van der Waals surface area contributed by atoms with Gasteiger partial charge in [0, 0.05) is 37.3 Å². The standard InChI is InChI=1S/C40H48N4O8S4/c1-3-5-25-51-37(49)27-15-19-29(20-16-27)41-31(45)13-9-7-11-23-43-35(47)33(55-39(43)53)34-36(48)44(40(54)56-34)24-12-8-10-14-32(46)42-30-21-17-28(18-22-30)38(50)52-26-6-4-2/h15-22H,3-14,23-26H2,1-2H3,(H,41,45)(H,42,46)/b34-33+. The number of benzene rings is 2. The van der Waals surface area contributed by atoms with Crippen LogP contribution in [0.25, 0.3) is 0 Å². The van der Waals surface area contributed by atoms with Gasteiger partial charge in [0.2, 0.25) is 11.8 Å². The molecule has 0 saturated carbocycles. The SMILES string of the molecule is CCCCOC(=O)c1ccc(NC(=O)CCCCCN2C(=O)/C(=C3\SC(=S)N(CCCCCC(=O)Nc4ccc(C(=O)OCCCC)cc4)C3=O)SC2=S)cc1. The third-order valence-electron chi connectivity index (χ3n) is 8.75. The van der Waals surface area contributed by atoms with Gasteiger partial charge in [-0.3, -0.25) is 29.0 Å². The van der Waals surface area contributed by atoms with E-state index >= 15 is 0 Å². The maximum atomic E-state index is 13.3. The van der Waals surface area contributed by atoms with Crippen LogP contribution in [0.15, 0.2) is 58.3 Å². The number of carbonyl (C=O) groups excluding carboxylic acids is 6. The fourth-order valence-corrected chi connectivity index (χ4v) is 8.30. The Morgan fingerprint density at radius 3 is 1.30 bits per heavy atom. The first-order valence-corrected chi connectivity index (χ1v) is 21.4. The normalized spacial score (nSPS) is 15.4. The number of anilines is 2. The summed E-state index contributed by atoms with van der Waals surface area (Å²) in [4.78, 5) is 79.3. The van der Waals surface area contributed by atoms with Crippen LogP contribution in [-0.4, -0.2) is 80.3 Å². The highest BCUT2D eigenvalue weighted by atomic mass is 32.2. The van der Waals surface area contributed by atoms with Gasteiger partial charge in [-0.2, -0.15) is 0 Å².